The Balaban J connectivity index is 2.47. The van der Waals surface area contributed by atoms with E-state index in [-0.39, 0.29) is 24.4 Å². The second-order valence-electron chi connectivity index (χ2n) is 8.94. The smallest absolute Gasteiger partial charge is 0.244 e. The fourth-order valence-corrected chi connectivity index (χ4v) is 4.66. The average molecular weight is 508 g/mol. The van der Waals surface area contributed by atoms with Gasteiger partial charge in [-0.15, -0.1) is 0 Å². The lowest BCUT2D eigenvalue weighted by Crippen LogP contribution is -2.52. The van der Waals surface area contributed by atoms with Gasteiger partial charge in [0.1, 0.15) is 12.6 Å². The SMILES string of the molecule is CC(C)NC(=O)[C@@H](C)N(Cc1ccccc1Cl)C(=O)CN(c1ccccc1C(C)C)S(C)(=O)=O. The molecule has 0 aliphatic rings. The number of anilines is 1. The highest BCUT2D eigenvalue weighted by Crippen LogP contribution is 2.29. The molecule has 0 unspecified atom stereocenters. The van der Waals surface area contributed by atoms with E-state index in [9.17, 15) is 18.0 Å². The summed E-state index contributed by atoms with van der Waals surface area (Å²) in [5, 5.41) is 3.28. The quantitative estimate of drug-likeness (QED) is 0.523. The first-order chi connectivity index (χ1) is 15.8. The number of nitrogens with one attached hydrogen (secondary N) is 1. The Morgan fingerprint density at radius 2 is 1.56 bits per heavy atom. The summed E-state index contributed by atoms with van der Waals surface area (Å²) in [7, 11) is -3.79. The van der Waals surface area contributed by atoms with Crippen molar-refractivity contribution in [3.8, 4) is 0 Å². The van der Waals surface area contributed by atoms with Crippen molar-refractivity contribution in [1.29, 1.82) is 0 Å². The van der Waals surface area contributed by atoms with Gasteiger partial charge >= 0.3 is 0 Å². The van der Waals surface area contributed by atoms with Gasteiger partial charge in [0.15, 0.2) is 0 Å². The van der Waals surface area contributed by atoms with Crippen molar-refractivity contribution in [3.63, 3.8) is 0 Å². The number of nitrogens with zero attached hydrogens (tertiary/aromatic N) is 2. The molecule has 1 atom stereocenters. The zero-order chi connectivity index (χ0) is 25.6. The molecular weight excluding hydrogens is 474 g/mol. The normalized spacial score (nSPS) is 12.5. The number of halogens is 1. The first-order valence-corrected chi connectivity index (χ1v) is 13.5. The number of benzene rings is 2. The molecule has 0 aliphatic heterocycles. The van der Waals surface area contributed by atoms with Crippen LogP contribution in [0.4, 0.5) is 5.69 Å². The van der Waals surface area contributed by atoms with Gasteiger partial charge in [-0.05, 0) is 49.9 Å². The fourth-order valence-electron chi connectivity index (χ4n) is 3.60. The highest BCUT2D eigenvalue weighted by molar-refractivity contribution is 7.92. The topological polar surface area (TPSA) is 86.8 Å². The molecule has 0 fully saturated rings. The van der Waals surface area contributed by atoms with Crippen LogP contribution in [0.2, 0.25) is 5.02 Å². The molecule has 0 radical (unpaired) electrons. The number of carbonyl (C=O) groups excluding carboxylic acids is 2. The Morgan fingerprint density at radius 3 is 2.12 bits per heavy atom. The largest absolute Gasteiger partial charge is 0.352 e. The van der Waals surface area contributed by atoms with Crippen molar-refractivity contribution in [2.75, 3.05) is 17.1 Å². The molecule has 0 spiro atoms. The van der Waals surface area contributed by atoms with Crippen LogP contribution in [0.15, 0.2) is 48.5 Å². The minimum atomic E-state index is -3.79. The molecule has 186 valence electrons. The van der Waals surface area contributed by atoms with E-state index in [0.29, 0.717) is 16.3 Å². The molecule has 1 N–H and O–H groups in total. The van der Waals surface area contributed by atoms with Crippen LogP contribution in [0.5, 0.6) is 0 Å². The Bertz CT molecular complexity index is 1120. The molecule has 2 aromatic rings. The standard InChI is InChI=1S/C25H34ClN3O4S/c1-17(2)21-12-8-10-14-23(21)29(34(6,32)33)16-24(30)28(19(5)25(31)27-18(3)4)15-20-11-7-9-13-22(20)26/h7-14,17-19H,15-16H2,1-6H3,(H,27,31)/t19-/m1/s1. The summed E-state index contributed by atoms with van der Waals surface area (Å²) in [4.78, 5) is 27.8. The number of hydrogen-bond acceptors (Lipinski definition) is 4. The van der Waals surface area contributed by atoms with E-state index in [0.717, 1.165) is 16.1 Å². The third kappa shape index (κ3) is 7.21. The lowest BCUT2D eigenvalue weighted by molar-refractivity contribution is -0.139. The van der Waals surface area contributed by atoms with Gasteiger partial charge in [-0.2, -0.15) is 0 Å². The van der Waals surface area contributed by atoms with Crippen molar-refractivity contribution >= 4 is 39.1 Å². The number of rotatable bonds is 10. The molecular formula is C25H34ClN3O4S. The van der Waals surface area contributed by atoms with Gasteiger partial charge in [0.05, 0.1) is 11.9 Å². The predicted molar refractivity (Wildman–Crippen MR) is 137 cm³/mol. The van der Waals surface area contributed by atoms with Gasteiger partial charge < -0.3 is 10.2 Å². The summed E-state index contributed by atoms with van der Waals surface area (Å²) in [6.45, 7) is 8.84. The van der Waals surface area contributed by atoms with Crippen molar-refractivity contribution in [1.82, 2.24) is 10.2 Å². The summed E-state index contributed by atoms with van der Waals surface area (Å²) < 4.78 is 26.7. The van der Waals surface area contributed by atoms with Gasteiger partial charge in [-0.1, -0.05) is 61.8 Å². The number of carbonyl (C=O) groups is 2. The van der Waals surface area contributed by atoms with Gasteiger partial charge in [-0.25, -0.2) is 8.42 Å². The maximum absolute atomic E-state index is 13.6. The molecule has 7 nitrogen and oxygen atoms in total. The van der Waals surface area contributed by atoms with Crippen molar-refractivity contribution in [2.24, 2.45) is 0 Å². The third-order valence-corrected chi connectivity index (χ3v) is 6.90. The first-order valence-electron chi connectivity index (χ1n) is 11.2. The second-order valence-corrected chi connectivity index (χ2v) is 11.2. The van der Waals surface area contributed by atoms with E-state index in [4.69, 9.17) is 11.6 Å². The van der Waals surface area contributed by atoms with E-state index < -0.39 is 28.5 Å². The number of para-hydroxylation sites is 1. The van der Waals surface area contributed by atoms with Gasteiger partial charge in [0.2, 0.25) is 21.8 Å². The second kappa shape index (κ2) is 11.7. The summed E-state index contributed by atoms with van der Waals surface area (Å²) >= 11 is 6.33. The molecule has 0 aromatic heterocycles. The van der Waals surface area contributed by atoms with Crippen LogP contribution in [-0.2, 0) is 26.2 Å². The lowest BCUT2D eigenvalue weighted by atomic mass is 10.0. The van der Waals surface area contributed by atoms with E-state index in [1.807, 2.05) is 39.8 Å². The van der Waals surface area contributed by atoms with E-state index in [1.165, 1.54) is 4.90 Å². The van der Waals surface area contributed by atoms with Gasteiger partial charge in [-0.3, -0.25) is 13.9 Å². The molecule has 34 heavy (non-hydrogen) atoms. The predicted octanol–water partition coefficient (Wildman–Crippen LogP) is 4.17. The van der Waals surface area contributed by atoms with Crippen LogP contribution >= 0.6 is 11.6 Å². The van der Waals surface area contributed by atoms with Crippen LogP contribution in [0.3, 0.4) is 0 Å². The van der Waals surface area contributed by atoms with Gasteiger partial charge in [0, 0.05) is 17.6 Å². The zero-order valence-electron chi connectivity index (χ0n) is 20.6. The molecule has 0 bridgehead atoms. The van der Waals surface area contributed by atoms with E-state index in [1.54, 1.807) is 43.3 Å². The number of hydrogen-bond donors (Lipinski definition) is 1. The Hall–Kier alpha value is -2.58. The monoisotopic (exact) mass is 507 g/mol. The summed E-state index contributed by atoms with van der Waals surface area (Å²) in [5.41, 5.74) is 1.92. The lowest BCUT2D eigenvalue weighted by Gasteiger charge is -2.32. The molecule has 2 aromatic carbocycles. The molecule has 0 heterocycles. The molecule has 2 amide bonds. The Labute approximate surface area is 208 Å². The molecule has 9 heteroatoms. The molecule has 0 aliphatic carbocycles. The minimum Gasteiger partial charge on any atom is -0.352 e. The van der Waals surface area contributed by atoms with Crippen molar-refractivity contribution in [2.45, 2.75) is 59.2 Å². The number of sulfonamides is 1. The van der Waals surface area contributed by atoms with Crippen LogP contribution < -0.4 is 9.62 Å². The van der Waals surface area contributed by atoms with Crippen LogP contribution in [0.25, 0.3) is 0 Å². The van der Waals surface area contributed by atoms with E-state index in [2.05, 4.69) is 5.32 Å². The third-order valence-electron chi connectivity index (χ3n) is 5.40. The Morgan fingerprint density at radius 1 is 0.971 bits per heavy atom. The highest BCUT2D eigenvalue weighted by Gasteiger charge is 2.31. The first kappa shape index (κ1) is 27.7. The fraction of sp³-hybridized carbons (Fsp3) is 0.440. The maximum Gasteiger partial charge on any atom is 0.244 e. The van der Waals surface area contributed by atoms with Gasteiger partial charge in [0.25, 0.3) is 0 Å². The molecule has 0 saturated carbocycles. The van der Waals surface area contributed by atoms with Crippen molar-refractivity contribution in [3.05, 3.63) is 64.7 Å². The highest BCUT2D eigenvalue weighted by atomic mass is 35.5. The minimum absolute atomic E-state index is 0.0468. The average Bonchev–Trinajstić information content (AvgIpc) is 2.75. The van der Waals surface area contributed by atoms with Crippen molar-refractivity contribution < 1.29 is 18.0 Å². The summed E-state index contributed by atoms with van der Waals surface area (Å²) in [6, 6.07) is 13.2. The summed E-state index contributed by atoms with van der Waals surface area (Å²) in [5.74, 6) is -0.787. The van der Waals surface area contributed by atoms with Crippen LogP contribution in [0.1, 0.15) is 51.7 Å². The number of amides is 2. The van der Waals surface area contributed by atoms with E-state index >= 15 is 0 Å². The van der Waals surface area contributed by atoms with Crippen LogP contribution in [0, 0.1) is 0 Å². The Kier molecular flexibility index (Phi) is 9.53. The molecule has 0 saturated heterocycles. The zero-order valence-corrected chi connectivity index (χ0v) is 22.2. The van der Waals surface area contributed by atoms with Crippen LogP contribution in [-0.4, -0.2) is 50.0 Å². The maximum atomic E-state index is 13.6. The molecule has 2 rings (SSSR count). The summed E-state index contributed by atoms with van der Waals surface area (Å²) in [6.07, 6.45) is 1.07.